The van der Waals surface area contributed by atoms with Gasteiger partial charge in [0.1, 0.15) is 0 Å². The summed E-state index contributed by atoms with van der Waals surface area (Å²) in [6, 6.07) is 0. The van der Waals surface area contributed by atoms with E-state index in [1.165, 1.54) is 0 Å². The van der Waals surface area contributed by atoms with Gasteiger partial charge in [0.05, 0.1) is 6.61 Å². The summed E-state index contributed by atoms with van der Waals surface area (Å²) in [6.07, 6.45) is 0. The van der Waals surface area contributed by atoms with Gasteiger partial charge in [0.2, 0.25) is 0 Å². The van der Waals surface area contributed by atoms with Gasteiger partial charge in [0, 0.05) is 31.6 Å². The minimum Gasteiger partial charge on any atom is -0.330 e. The molecule has 0 atom stereocenters. The number of nitrogens with zero attached hydrogens (tertiary/aromatic N) is 1. The molecule has 12 heavy (non-hydrogen) atoms. The van der Waals surface area contributed by atoms with Crippen molar-refractivity contribution in [1.29, 1.82) is 0 Å². The molecule has 0 rings (SSSR count). The quantitative estimate of drug-likeness (QED) is 0.340. The van der Waals surface area contributed by atoms with Crippen molar-refractivity contribution in [2.45, 2.75) is 26.3 Å². The van der Waals surface area contributed by atoms with Gasteiger partial charge in [0.15, 0.2) is 0 Å². The van der Waals surface area contributed by atoms with E-state index >= 15 is 0 Å². The molecule has 0 aliphatic carbocycles. The van der Waals surface area contributed by atoms with Crippen LogP contribution in [0.5, 0.6) is 0 Å². The fourth-order valence-electron chi connectivity index (χ4n) is 0.934. The Labute approximate surface area is 87.8 Å². The SMILES string of the molecule is [CH2-]CN(CCOO)C(C)(C)C.[Zn]. The van der Waals surface area contributed by atoms with E-state index in [1.807, 2.05) is 0 Å². The van der Waals surface area contributed by atoms with E-state index in [1.54, 1.807) is 0 Å². The first kappa shape index (κ1) is 15.0. The predicted octanol–water partition coefficient (Wildman–Crippen LogP) is 1.41. The molecular weight excluding hydrogens is 207 g/mol. The first-order valence-electron chi connectivity index (χ1n) is 3.83. The average molecular weight is 226 g/mol. The second-order valence-corrected chi connectivity index (χ2v) is 3.49. The third kappa shape index (κ3) is 6.07. The average Bonchev–Trinajstić information content (AvgIpc) is 1.87. The molecule has 0 heterocycles. The summed E-state index contributed by atoms with van der Waals surface area (Å²) in [5.74, 6) is 0. The summed E-state index contributed by atoms with van der Waals surface area (Å²) in [4.78, 5) is 6.13. The molecule has 0 aromatic heterocycles. The van der Waals surface area contributed by atoms with Crippen molar-refractivity contribution in [1.82, 2.24) is 4.90 Å². The van der Waals surface area contributed by atoms with E-state index in [4.69, 9.17) is 5.26 Å². The Hall–Kier alpha value is 0.503. The molecule has 4 heteroatoms. The second-order valence-electron chi connectivity index (χ2n) is 3.49. The Morgan fingerprint density at radius 2 is 1.92 bits per heavy atom. The zero-order valence-electron chi connectivity index (χ0n) is 8.34. The first-order chi connectivity index (χ1) is 5.02. The first-order valence-corrected chi connectivity index (χ1v) is 3.83. The van der Waals surface area contributed by atoms with Gasteiger partial charge in [-0.15, -0.1) is 6.54 Å². The van der Waals surface area contributed by atoms with Gasteiger partial charge in [0.25, 0.3) is 0 Å². The van der Waals surface area contributed by atoms with Crippen LogP contribution in [0.2, 0.25) is 0 Å². The van der Waals surface area contributed by atoms with Crippen LogP contribution in [0.4, 0.5) is 0 Å². The van der Waals surface area contributed by atoms with Gasteiger partial charge < -0.3 is 11.8 Å². The van der Waals surface area contributed by atoms with Gasteiger partial charge in [-0.05, 0) is 20.8 Å². The molecule has 0 aliphatic rings. The Morgan fingerprint density at radius 1 is 1.42 bits per heavy atom. The predicted molar refractivity (Wildman–Crippen MR) is 45.3 cm³/mol. The van der Waals surface area contributed by atoms with Crippen molar-refractivity contribution in [3.05, 3.63) is 6.92 Å². The molecule has 0 radical (unpaired) electrons. The van der Waals surface area contributed by atoms with Crippen molar-refractivity contribution in [2.24, 2.45) is 0 Å². The van der Waals surface area contributed by atoms with Gasteiger partial charge in [-0.1, -0.05) is 0 Å². The molecule has 70 valence electrons. The van der Waals surface area contributed by atoms with Crippen LogP contribution in [0, 0.1) is 6.92 Å². The smallest absolute Gasteiger partial charge is 0.0945 e. The maximum Gasteiger partial charge on any atom is 0.0945 e. The molecule has 1 N–H and O–H groups in total. The minimum atomic E-state index is 0. The van der Waals surface area contributed by atoms with Crippen LogP contribution in [0.15, 0.2) is 0 Å². The van der Waals surface area contributed by atoms with Crippen LogP contribution in [-0.4, -0.2) is 35.4 Å². The van der Waals surface area contributed by atoms with Crippen molar-refractivity contribution in [2.75, 3.05) is 19.7 Å². The Morgan fingerprint density at radius 3 is 2.17 bits per heavy atom. The number of rotatable bonds is 4. The zero-order valence-corrected chi connectivity index (χ0v) is 11.3. The van der Waals surface area contributed by atoms with Gasteiger partial charge in [-0.25, -0.2) is 4.89 Å². The molecule has 0 aromatic rings. The van der Waals surface area contributed by atoms with Gasteiger partial charge in [-0.2, -0.15) is 0 Å². The Bertz CT molecular complexity index is 104. The zero-order chi connectivity index (χ0) is 8.91. The van der Waals surface area contributed by atoms with Crippen LogP contribution >= 0.6 is 0 Å². The topological polar surface area (TPSA) is 32.7 Å². The molecule has 0 spiro atoms. The molecule has 0 aliphatic heterocycles. The third-order valence-electron chi connectivity index (χ3n) is 1.67. The Balaban J connectivity index is 0. The molecule has 0 saturated carbocycles. The summed E-state index contributed by atoms with van der Waals surface area (Å²) in [6.45, 7) is 11.9. The molecule has 0 saturated heterocycles. The van der Waals surface area contributed by atoms with Crippen molar-refractivity contribution in [3.8, 4) is 0 Å². The molecule has 0 unspecified atom stereocenters. The monoisotopic (exact) mass is 224 g/mol. The standard InChI is InChI=1S/C8H18NO2.Zn/c1-5-9(6-7-11-10)8(2,3)4;/h10H,1,5-7H2,2-4H3;/q-1;. The number of hydrogen-bond acceptors (Lipinski definition) is 3. The summed E-state index contributed by atoms with van der Waals surface area (Å²) in [5.41, 5.74) is 0.0975. The number of hydrogen-bond donors (Lipinski definition) is 1. The fourth-order valence-corrected chi connectivity index (χ4v) is 0.934. The maximum absolute atomic E-state index is 8.13. The molecule has 0 fully saturated rings. The van der Waals surface area contributed by atoms with Gasteiger partial charge in [-0.3, -0.25) is 5.26 Å². The maximum atomic E-state index is 8.13. The van der Waals surface area contributed by atoms with Crippen molar-refractivity contribution >= 4 is 0 Å². The van der Waals surface area contributed by atoms with Crippen LogP contribution in [-0.2, 0) is 24.4 Å². The molecule has 0 bridgehead atoms. The summed E-state index contributed by atoms with van der Waals surface area (Å²) >= 11 is 0. The molecule has 3 nitrogen and oxygen atoms in total. The fraction of sp³-hybridized carbons (Fsp3) is 0.875. The van der Waals surface area contributed by atoms with E-state index in [9.17, 15) is 0 Å². The largest absolute Gasteiger partial charge is 0.330 e. The minimum absolute atomic E-state index is 0. The third-order valence-corrected chi connectivity index (χ3v) is 1.67. The normalized spacial score (nSPS) is 11.5. The van der Waals surface area contributed by atoms with Crippen molar-refractivity contribution in [3.63, 3.8) is 0 Å². The molecule has 0 amide bonds. The summed E-state index contributed by atoms with van der Waals surface area (Å²) in [7, 11) is 0. The Kier molecular flexibility index (Phi) is 8.70. The van der Waals surface area contributed by atoms with Crippen LogP contribution in [0.25, 0.3) is 0 Å². The second kappa shape index (κ2) is 6.96. The summed E-state index contributed by atoms with van der Waals surface area (Å²) < 4.78 is 0. The van der Waals surface area contributed by atoms with Crippen LogP contribution < -0.4 is 0 Å². The van der Waals surface area contributed by atoms with E-state index in [0.29, 0.717) is 13.2 Å². The van der Waals surface area contributed by atoms with E-state index in [2.05, 4.69) is 37.5 Å². The van der Waals surface area contributed by atoms with E-state index in [-0.39, 0.29) is 25.0 Å². The van der Waals surface area contributed by atoms with E-state index < -0.39 is 0 Å². The van der Waals surface area contributed by atoms with Crippen LogP contribution in [0.3, 0.4) is 0 Å². The van der Waals surface area contributed by atoms with Crippen molar-refractivity contribution < 1.29 is 29.6 Å². The van der Waals surface area contributed by atoms with Gasteiger partial charge >= 0.3 is 0 Å². The molecular formula is C8H18NO2Zn-. The summed E-state index contributed by atoms with van der Waals surface area (Å²) in [5, 5.41) is 8.13. The van der Waals surface area contributed by atoms with E-state index in [0.717, 1.165) is 6.54 Å². The van der Waals surface area contributed by atoms with Crippen LogP contribution in [0.1, 0.15) is 20.8 Å². The molecule has 0 aromatic carbocycles.